The van der Waals surface area contributed by atoms with E-state index >= 15 is 0 Å². The molecule has 1 aliphatic rings. The third kappa shape index (κ3) is 4.01. The van der Waals surface area contributed by atoms with Gasteiger partial charge in [-0.2, -0.15) is 0 Å². The zero-order valence-electron chi connectivity index (χ0n) is 16.3. The van der Waals surface area contributed by atoms with Crippen LogP contribution < -0.4 is 10.9 Å². The van der Waals surface area contributed by atoms with Crippen molar-refractivity contribution in [3.63, 3.8) is 0 Å². The molecule has 4 heterocycles. The fourth-order valence-corrected chi connectivity index (χ4v) is 4.52. The minimum atomic E-state index is -0.237. The Hall–Kier alpha value is -2.98. The molecule has 0 atom stereocenters. The molecule has 154 valence electrons. The number of nitrogens with zero attached hydrogens (tertiary/aromatic N) is 5. The van der Waals surface area contributed by atoms with E-state index in [-0.39, 0.29) is 11.5 Å². The van der Waals surface area contributed by atoms with E-state index in [0.29, 0.717) is 39.3 Å². The van der Waals surface area contributed by atoms with Crippen molar-refractivity contribution < 1.29 is 4.79 Å². The Morgan fingerprint density at radius 1 is 1.27 bits per heavy atom. The van der Waals surface area contributed by atoms with Crippen LogP contribution in [0.3, 0.4) is 0 Å². The Bertz CT molecular complexity index is 1190. The molecule has 3 aromatic heterocycles. The highest BCUT2D eigenvalue weighted by Gasteiger charge is 2.31. The van der Waals surface area contributed by atoms with Gasteiger partial charge in [-0.3, -0.25) is 18.9 Å². The summed E-state index contributed by atoms with van der Waals surface area (Å²) in [7, 11) is 0. The number of aryl methyl sites for hydroxylation is 1. The fraction of sp³-hybridized carbons (Fsp3) is 0.250. The first-order chi connectivity index (χ1) is 14.6. The van der Waals surface area contributed by atoms with Crippen LogP contribution in [0.5, 0.6) is 0 Å². The van der Waals surface area contributed by atoms with Gasteiger partial charge in [-0.25, -0.2) is 9.97 Å². The second-order valence-corrected chi connectivity index (χ2v) is 8.29. The number of carbonyl (C=O) groups is 1. The molecule has 3 aromatic rings. The lowest BCUT2D eigenvalue weighted by atomic mass is 10.2. The molecule has 8 nitrogen and oxygen atoms in total. The van der Waals surface area contributed by atoms with Gasteiger partial charge in [0.25, 0.3) is 11.5 Å². The molecule has 0 bridgehead atoms. The van der Waals surface area contributed by atoms with Crippen LogP contribution in [0.15, 0.2) is 52.8 Å². The number of rotatable bonds is 7. The van der Waals surface area contributed by atoms with E-state index < -0.39 is 0 Å². The van der Waals surface area contributed by atoms with Crippen LogP contribution in [0.4, 0.5) is 5.82 Å². The van der Waals surface area contributed by atoms with Gasteiger partial charge >= 0.3 is 0 Å². The molecule has 0 aliphatic carbocycles. The summed E-state index contributed by atoms with van der Waals surface area (Å²) in [6.07, 6.45) is 9.50. The number of amides is 1. The monoisotopic (exact) mass is 440 g/mol. The molecular formula is C20H20N6O2S2. The normalized spacial score (nSPS) is 15.5. The Balaban J connectivity index is 1.66. The third-order valence-corrected chi connectivity index (χ3v) is 6.06. The lowest BCUT2D eigenvalue weighted by Crippen LogP contribution is -2.27. The number of aromatic nitrogens is 4. The molecule has 1 N–H and O–H groups in total. The lowest BCUT2D eigenvalue weighted by molar-refractivity contribution is -0.121. The van der Waals surface area contributed by atoms with Crippen molar-refractivity contribution >= 4 is 51.7 Å². The minimum Gasteiger partial charge on any atom is -0.369 e. The zero-order chi connectivity index (χ0) is 21.1. The van der Waals surface area contributed by atoms with Crippen molar-refractivity contribution in [1.29, 1.82) is 0 Å². The quantitative estimate of drug-likeness (QED) is 0.343. The van der Waals surface area contributed by atoms with Crippen molar-refractivity contribution in [3.05, 3.63) is 63.9 Å². The van der Waals surface area contributed by atoms with Crippen LogP contribution in [0, 0.1) is 0 Å². The van der Waals surface area contributed by atoms with Gasteiger partial charge in [0.05, 0.1) is 16.8 Å². The number of thiocarbonyl (C=S) groups is 1. The summed E-state index contributed by atoms with van der Waals surface area (Å²) in [4.78, 5) is 36.4. The number of fused-ring (bicyclic) bond motifs is 1. The minimum absolute atomic E-state index is 0.184. The number of pyridine rings is 1. The summed E-state index contributed by atoms with van der Waals surface area (Å²) in [5.41, 5.74) is 0.648. The first-order valence-corrected chi connectivity index (χ1v) is 10.8. The third-order valence-electron chi connectivity index (χ3n) is 4.68. The summed E-state index contributed by atoms with van der Waals surface area (Å²) in [5.74, 6) is 0.273. The Morgan fingerprint density at radius 3 is 2.87 bits per heavy atom. The van der Waals surface area contributed by atoms with E-state index in [2.05, 4.69) is 15.3 Å². The molecule has 0 aromatic carbocycles. The molecule has 0 radical (unpaired) electrons. The molecule has 0 spiro atoms. The highest BCUT2D eigenvalue weighted by atomic mass is 32.2. The zero-order valence-corrected chi connectivity index (χ0v) is 17.9. The number of hydrogen-bond donors (Lipinski definition) is 1. The predicted octanol–water partition coefficient (Wildman–Crippen LogP) is 2.61. The SMILES string of the molecule is CCN1C(=O)/C(=C/c2c(NCCCn3ccnc3)nc3ccccn3c2=O)SC1=S. The molecule has 1 saturated heterocycles. The van der Waals surface area contributed by atoms with Gasteiger partial charge in [-0.1, -0.05) is 30.0 Å². The number of anilines is 1. The van der Waals surface area contributed by atoms with Gasteiger partial charge in [-0.05, 0) is 31.6 Å². The summed E-state index contributed by atoms with van der Waals surface area (Å²) >= 11 is 6.49. The van der Waals surface area contributed by atoms with Crippen LogP contribution in [-0.4, -0.2) is 47.2 Å². The maximum absolute atomic E-state index is 13.2. The van der Waals surface area contributed by atoms with Gasteiger partial charge in [-0.15, -0.1) is 0 Å². The molecular weight excluding hydrogens is 420 g/mol. The van der Waals surface area contributed by atoms with Crippen LogP contribution in [0.1, 0.15) is 18.9 Å². The summed E-state index contributed by atoms with van der Waals surface area (Å²) < 4.78 is 3.96. The van der Waals surface area contributed by atoms with Crippen molar-refractivity contribution in [2.45, 2.75) is 19.9 Å². The van der Waals surface area contributed by atoms with Crippen LogP contribution >= 0.6 is 24.0 Å². The second-order valence-electron chi connectivity index (χ2n) is 6.61. The summed E-state index contributed by atoms with van der Waals surface area (Å²) in [6.45, 7) is 3.78. The highest BCUT2D eigenvalue weighted by Crippen LogP contribution is 2.32. The van der Waals surface area contributed by atoms with Gasteiger partial charge in [0.15, 0.2) is 0 Å². The van der Waals surface area contributed by atoms with Gasteiger partial charge in [0.1, 0.15) is 15.8 Å². The molecule has 4 rings (SSSR count). The maximum Gasteiger partial charge on any atom is 0.267 e. The van der Waals surface area contributed by atoms with Crippen molar-refractivity contribution in [2.24, 2.45) is 0 Å². The predicted molar refractivity (Wildman–Crippen MR) is 122 cm³/mol. The standard InChI is InChI=1S/C20H20N6O2S2/c1-2-25-19(28)15(30-20(25)29)12-14-17(22-7-5-9-24-11-8-21-13-24)23-16-6-3-4-10-26(16)18(14)27/h3-4,6,8,10-13,22H,2,5,7,9H2,1H3/b15-12-. The second kappa shape index (κ2) is 8.80. The smallest absolute Gasteiger partial charge is 0.267 e. The van der Waals surface area contributed by atoms with E-state index in [1.165, 1.54) is 21.1 Å². The van der Waals surface area contributed by atoms with Crippen LogP contribution in [-0.2, 0) is 11.3 Å². The van der Waals surface area contributed by atoms with Crippen LogP contribution in [0.25, 0.3) is 11.7 Å². The number of nitrogens with one attached hydrogen (secondary N) is 1. The van der Waals surface area contributed by atoms with E-state index in [0.717, 1.165) is 13.0 Å². The number of carbonyl (C=O) groups excluding carboxylic acids is 1. The van der Waals surface area contributed by atoms with Crippen molar-refractivity contribution in [1.82, 2.24) is 23.8 Å². The van der Waals surface area contributed by atoms with Crippen LogP contribution in [0.2, 0.25) is 0 Å². The Kier molecular flexibility index (Phi) is 5.96. The Morgan fingerprint density at radius 2 is 2.13 bits per heavy atom. The molecule has 30 heavy (non-hydrogen) atoms. The average molecular weight is 441 g/mol. The van der Waals surface area contributed by atoms with E-state index in [9.17, 15) is 9.59 Å². The van der Waals surface area contributed by atoms with Crippen molar-refractivity contribution in [2.75, 3.05) is 18.4 Å². The molecule has 0 unspecified atom stereocenters. The first kappa shape index (κ1) is 20.3. The van der Waals surface area contributed by atoms with E-state index in [4.69, 9.17) is 12.2 Å². The van der Waals surface area contributed by atoms with Gasteiger partial charge < -0.3 is 9.88 Å². The molecule has 1 aliphatic heterocycles. The average Bonchev–Trinajstić information content (AvgIpc) is 3.35. The molecule has 0 saturated carbocycles. The van der Waals surface area contributed by atoms with Crippen molar-refractivity contribution in [3.8, 4) is 0 Å². The number of imidazole rings is 1. The number of likely N-dealkylation sites (N-methyl/N-ethyl adjacent to an activating group) is 1. The van der Waals surface area contributed by atoms with E-state index in [1.54, 1.807) is 36.9 Å². The highest BCUT2D eigenvalue weighted by molar-refractivity contribution is 8.26. The largest absolute Gasteiger partial charge is 0.369 e. The topological polar surface area (TPSA) is 84.5 Å². The molecule has 1 amide bonds. The first-order valence-electron chi connectivity index (χ1n) is 9.55. The summed E-state index contributed by atoms with van der Waals surface area (Å²) in [5, 5.41) is 3.26. The van der Waals surface area contributed by atoms with Gasteiger partial charge in [0.2, 0.25) is 0 Å². The molecule has 1 fully saturated rings. The number of hydrogen-bond acceptors (Lipinski definition) is 7. The van der Waals surface area contributed by atoms with Gasteiger partial charge in [0, 0.05) is 38.2 Å². The lowest BCUT2D eigenvalue weighted by Gasteiger charge is -2.11. The summed E-state index contributed by atoms with van der Waals surface area (Å²) in [6, 6.07) is 5.38. The Labute approximate surface area is 182 Å². The maximum atomic E-state index is 13.2. The molecule has 10 heteroatoms. The number of thioether (sulfide) groups is 1. The fourth-order valence-electron chi connectivity index (χ4n) is 3.16. The van der Waals surface area contributed by atoms with E-state index in [1.807, 2.05) is 23.8 Å².